The Balaban J connectivity index is 4.13. The lowest BCUT2D eigenvalue weighted by Crippen LogP contribution is -2.29. The molecule has 372 valence electrons. The minimum atomic E-state index is -4.41. The predicted octanol–water partition coefficient (Wildman–Crippen LogP) is 14.4. The molecule has 0 saturated heterocycles. The van der Waals surface area contributed by atoms with Crippen LogP contribution in [0.2, 0.25) is 0 Å². The Kier molecular flexibility index (Phi) is 48.5. The average Bonchev–Trinajstić information content (AvgIpc) is 3.30. The second kappa shape index (κ2) is 50.7. The van der Waals surface area contributed by atoms with Crippen molar-refractivity contribution in [2.24, 2.45) is 5.73 Å². The molecule has 0 saturated carbocycles. The van der Waals surface area contributed by atoms with Crippen LogP contribution in [0.1, 0.15) is 258 Å². The van der Waals surface area contributed by atoms with Gasteiger partial charge in [0.15, 0.2) is 6.10 Å². The van der Waals surface area contributed by atoms with Crippen LogP contribution in [0.3, 0.4) is 0 Å². The van der Waals surface area contributed by atoms with Crippen LogP contribution < -0.4 is 5.73 Å². The molecule has 0 amide bonds. The van der Waals surface area contributed by atoms with Crippen LogP contribution >= 0.6 is 7.82 Å². The van der Waals surface area contributed by atoms with Crippen molar-refractivity contribution in [2.75, 3.05) is 26.4 Å². The number of carbonyl (C=O) groups is 2. The van der Waals surface area contributed by atoms with Crippen molar-refractivity contribution >= 4 is 19.8 Å². The highest BCUT2D eigenvalue weighted by Crippen LogP contribution is 2.43. The summed E-state index contributed by atoms with van der Waals surface area (Å²) in [5.74, 6) is 23.8. The maximum absolute atomic E-state index is 12.6. The van der Waals surface area contributed by atoms with Crippen LogP contribution in [0, 0.1) is 47.4 Å². The van der Waals surface area contributed by atoms with E-state index in [1.54, 1.807) is 0 Å². The first-order chi connectivity index (χ1) is 31.8. The summed E-state index contributed by atoms with van der Waals surface area (Å²) in [5.41, 5.74) is 5.36. The number of nitrogens with two attached hydrogens (primary N) is 1. The van der Waals surface area contributed by atoms with Gasteiger partial charge in [-0.1, -0.05) is 204 Å². The molecule has 0 bridgehead atoms. The number of phosphoric acid groups is 1. The SMILES string of the molecule is CCCCCCCCCCCCC#CC#CCCCCCCCCC(=O)OCC(COP(=O)(O)OCCN)OC(=O)CCCCCCCCC#CC#CCCCCCCCCCCCC. The minimum Gasteiger partial charge on any atom is -0.462 e. The van der Waals surface area contributed by atoms with E-state index < -0.39 is 32.5 Å². The zero-order valence-corrected chi connectivity index (χ0v) is 42.5. The van der Waals surface area contributed by atoms with Gasteiger partial charge in [0.25, 0.3) is 0 Å². The van der Waals surface area contributed by atoms with Crippen molar-refractivity contribution in [3.05, 3.63) is 0 Å². The number of carbonyl (C=O) groups excluding carboxylic acids is 2. The quantitative estimate of drug-likeness (QED) is 0.0265. The highest BCUT2D eigenvalue weighted by Gasteiger charge is 2.26. The molecular formula is C55H94NO8P. The van der Waals surface area contributed by atoms with E-state index in [0.717, 1.165) is 89.9 Å². The van der Waals surface area contributed by atoms with Crippen molar-refractivity contribution in [3.8, 4) is 47.4 Å². The van der Waals surface area contributed by atoms with Crippen LogP contribution in [0.5, 0.6) is 0 Å². The van der Waals surface area contributed by atoms with Gasteiger partial charge in [0.05, 0.1) is 13.2 Å². The van der Waals surface area contributed by atoms with E-state index in [2.05, 4.69) is 61.2 Å². The summed E-state index contributed by atoms with van der Waals surface area (Å²) >= 11 is 0. The van der Waals surface area contributed by atoms with Gasteiger partial charge >= 0.3 is 19.8 Å². The fraction of sp³-hybridized carbons (Fsp3) is 0.818. The Labute approximate surface area is 399 Å². The molecule has 3 N–H and O–H groups in total. The van der Waals surface area contributed by atoms with Gasteiger partial charge in [-0.3, -0.25) is 18.6 Å². The molecule has 0 aromatic heterocycles. The molecule has 0 aliphatic heterocycles. The first-order valence-electron chi connectivity index (χ1n) is 26.4. The van der Waals surface area contributed by atoms with Crippen LogP contribution in [0.15, 0.2) is 0 Å². The van der Waals surface area contributed by atoms with Gasteiger partial charge < -0.3 is 20.1 Å². The molecule has 2 unspecified atom stereocenters. The monoisotopic (exact) mass is 928 g/mol. The first-order valence-corrected chi connectivity index (χ1v) is 27.9. The molecule has 0 aromatic rings. The van der Waals surface area contributed by atoms with Crippen molar-refractivity contribution in [1.29, 1.82) is 0 Å². The maximum Gasteiger partial charge on any atom is 0.472 e. The van der Waals surface area contributed by atoms with Gasteiger partial charge in [-0.15, -0.1) is 0 Å². The number of hydrogen-bond acceptors (Lipinski definition) is 8. The lowest BCUT2D eigenvalue weighted by Gasteiger charge is -2.19. The molecule has 10 heteroatoms. The van der Waals surface area contributed by atoms with Gasteiger partial charge in [-0.25, -0.2) is 4.57 Å². The summed E-state index contributed by atoms with van der Waals surface area (Å²) in [6, 6.07) is 0. The van der Waals surface area contributed by atoms with Crippen molar-refractivity contribution < 1.29 is 37.6 Å². The molecule has 0 radical (unpaired) electrons. The molecule has 0 heterocycles. The zero-order chi connectivity index (χ0) is 47.4. The lowest BCUT2D eigenvalue weighted by molar-refractivity contribution is -0.161. The van der Waals surface area contributed by atoms with Crippen LogP contribution in [0.25, 0.3) is 0 Å². The van der Waals surface area contributed by atoms with E-state index in [9.17, 15) is 19.0 Å². The van der Waals surface area contributed by atoms with E-state index in [1.165, 1.54) is 128 Å². The van der Waals surface area contributed by atoms with Crippen LogP contribution in [-0.4, -0.2) is 49.3 Å². The summed E-state index contributed by atoms with van der Waals surface area (Å²) in [5, 5.41) is 0. The summed E-state index contributed by atoms with van der Waals surface area (Å²) in [6.45, 7) is 3.66. The van der Waals surface area contributed by atoms with Crippen molar-refractivity contribution in [1.82, 2.24) is 0 Å². The van der Waals surface area contributed by atoms with Crippen molar-refractivity contribution in [2.45, 2.75) is 264 Å². The van der Waals surface area contributed by atoms with E-state index >= 15 is 0 Å². The molecule has 9 nitrogen and oxygen atoms in total. The largest absolute Gasteiger partial charge is 0.472 e. The number of unbranched alkanes of at least 4 members (excludes halogenated alkanes) is 32. The van der Waals surface area contributed by atoms with Crippen LogP contribution in [0.4, 0.5) is 0 Å². The fourth-order valence-corrected chi connectivity index (χ4v) is 7.98. The van der Waals surface area contributed by atoms with E-state index in [4.69, 9.17) is 24.3 Å². The third kappa shape index (κ3) is 50.5. The number of rotatable bonds is 45. The molecule has 0 rings (SSSR count). The molecular weight excluding hydrogens is 834 g/mol. The lowest BCUT2D eigenvalue weighted by atomic mass is 10.1. The Bertz CT molecular complexity index is 1420. The third-order valence-electron chi connectivity index (χ3n) is 11.2. The summed E-state index contributed by atoms with van der Waals surface area (Å²) in [7, 11) is -4.41. The number of hydrogen-bond donors (Lipinski definition) is 2. The number of esters is 2. The minimum absolute atomic E-state index is 0.0383. The Morgan fingerprint density at radius 3 is 1.14 bits per heavy atom. The second-order valence-electron chi connectivity index (χ2n) is 17.5. The fourth-order valence-electron chi connectivity index (χ4n) is 7.21. The Morgan fingerprint density at radius 1 is 0.462 bits per heavy atom. The van der Waals surface area contributed by atoms with Crippen LogP contribution in [-0.2, 0) is 32.7 Å². The van der Waals surface area contributed by atoms with E-state index in [0.29, 0.717) is 12.8 Å². The standard InChI is InChI=1S/C55H94NO8P/c1-3-5-7-9-11-13-15-17-19-21-23-25-27-29-31-33-35-37-39-41-43-45-47-54(57)61-51-53(52-63-65(59,60)62-50-49-56)64-55(58)48-46-44-42-40-38-36-34-32-30-28-26-24-22-20-18-16-14-12-10-8-6-4-2/h53H,3-24,33-52,56H2,1-2H3,(H,59,60). The van der Waals surface area contributed by atoms with Gasteiger partial charge in [0.2, 0.25) is 0 Å². The molecule has 2 atom stereocenters. The van der Waals surface area contributed by atoms with E-state index in [-0.39, 0.29) is 32.6 Å². The highest BCUT2D eigenvalue weighted by molar-refractivity contribution is 7.47. The molecule has 0 fully saturated rings. The summed E-state index contributed by atoms with van der Waals surface area (Å²) in [4.78, 5) is 35.0. The first kappa shape index (κ1) is 62.2. The molecule has 0 aromatic carbocycles. The molecule has 0 spiro atoms. The second-order valence-corrected chi connectivity index (χ2v) is 18.9. The average molecular weight is 928 g/mol. The normalized spacial score (nSPS) is 12.0. The highest BCUT2D eigenvalue weighted by atomic mass is 31.2. The smallest absolute Gasteiger partial charge is 0.462 e. The van der Waals surface area contributed by atoms with Gasteiger partial charge in [-0.05, 0) is 62.2 Å². The molecule has 0 aliphatic rings. The van der Waals surface area contributed by atoms with Gasteiger partial charge in [0, 0.05) is 45.1 Å². The van der Waals surface area contributed by atoms with Gasteiger partial charge in [-0.2, -0.15) is 0 Å². The van der Waals surface area contributed by atoms with Gasteiger partial charge in [0.1, 0.15) is 6.61 Å². The number of ether oxygens (including phenoxy) is 2. The van der Waals surface area contributed by atoms with Crippen molar-refractivity contribution in [3.63, 3.8) is 0 Å². The topological polar surface area (TPSA) is 134 Å². The zero-order valence-electron chi connectivity index (χ0n) is 41.6. The third-order valence-corrected chi connectivity index (χ3v) is 12.2. The Morgan fingerprint density at radius 2 is 0.785 bits per heavy atom. The van der Waals surface area contributed by atoms with E-state index in [1.807, 2.05) is 0 Å². The predicted molar refractivity (Wildman–Crippen MR) is 270 cm³/mol. The maximum atomic E-state index is 12.6. The molecule has 0 aliphatic carbocycles. The molecule has 65 heavy (non-hydrogen) atoms. The number of phosphoric ester groups is 1. The summed E-state index contributed by atoms with van der Waals surface area (Å²) in [6.07, 6.45) is 41.2. The Hall–Kier alpha value is -2.75. The summed E-state index contributed by atoms with van der Waals surface area (Å²) < 4.78 is 32.9.